The zero-order chi connectivity index (χ0) is 14.7. The molecule has 2 rings (SSSR count). The molecule has 0 aromatic carbocycles. The van der Waals surface area contributed by atoms with E-state index in [9.17, 15) is 4.79 Å². The van der Waals surface area contributed by atoms with E-state index in [1.54, 1.807) is 24.1 Å². The summed E-state index contributed by atoms with van der Waals surface area (Å²) in [6, 6.07) is 3.25. The first-order chi connectivity index (χ1) is 9.51. The molecule has 1 aromatic heterocycles. The quantitative estimate of drug-likeness (QED) is 0.642. The Morgan fingerprint density at radius 3 is 3.00 bits per heavy atom. The van der Waals surface area contributed by atoms with Gasteiger partial charge in [-0.15, -0.1) is 0 Å². The first-order valence-electron chi connectivity index (χ1n) is 6.58. The molecular formula is C13H20ClN5O. The largest absolute Gasteiger partial charge is 0.340 e. The van der Waals surface area contributed by atoms with E-state index in [0.717, 1.165) is 19.5 Å². The SMILES string of the molecule is CN1CCC(CN(C)C(=O)c2nc(NN)ccc2Cl)C1. The second kappa shape index (κ2) is 6.39. The van der Waals surface area contributed by atoms with Gasteiger partial charge < -0.3 is 15.2 Å². The number of aromatic nitrogens is 1. The van der Waals surface area contributed by atoms with E-state index in [1.807, 2.05) is 0 Å². The smallest absolute Gasteiger partial charge is 0.273 e. The van der Waals surface area contributed by atoms with Crippen LogP contribution in [0.3, 0.4) is 0 Å². The predicted octanol–water partition coefficient (Wildman–Crippen LogP) is 1.04. The number of halogens is 1. The summed E-state index contributed by atoms with van der Waals surface area (Å²) < 4.78 is 0. The molecule has 1 amide bonds. The third-order valence-corrected chi connectivity index (χ3v) is 3.87. The number of nitrogen functional groups attached to an aromatic ring is 1. The lowest BCUT2D eigenvalue weighted by Crippen LogP contribution is -2.33. The first-order valence-corrected chi connectivity index (χ1v) is 6.96. The third kappa shape index (κ3) is 3.39. The van der Waals surface area contributed by atoms with E-state index in [0.29, 0.717) is 23.3 Å². The van der Waals surface area contributed by atoms with Gasteiger partial charge in [-0.1, -0.05) is 11.6 Å². The van der Waals surface area contributed by atoms with Gasteiger partial charge in [0.25, 0.3) is 5.91 Å². The van der Waals surface area contributed by atoms with Crippen molar-refractivity contribution in [2.75, 3.05) is 39.2 Å². The molecule has 20 heavy (non-hydrogen) atoms. The fourth-order valence-electron chi connectivity index (χ4n) is 2.50. The summed E-state index contributed by atoms with van der Waals surface area (Å²) in [6.45, 7) is 2.81. The summed E-state index contributed by atoms with van der Waals surface area (Å²) in [6.07, 6.45) is 1.11. The average molecular weight is 298 g/mol. The summed E-state index contributed by atoms with van der Waals surface area (Å²) in [5.41, 5.74) is 2.65. The highest BCUT2D eigenvalue weighted by atomic mass is 35.5. The molecule has 1 atom stereocenters. The molecule has 1 saturated heterocycles. The maximum Gasteiger partial charge on any atom is 0.273 e. The molecule has 2 heterocycles. The van der Waals surface area contributed by atoms with Gasteiger partial charge in [0, 0.05) is 20.1 Å². The number of hydrazine groups is 1. The van der Waals surface area contributed by atoms with Crippen LogP contribution in [0.5, 0.6) is 0 Å². The topological polar surface area (TPSA) is 74.5 Å². The number of hydrogen-bond donors (Lipinski definition) is 2. The Kier molecular flexibility index (Phi) is 4.80. The molecule has 1 unspecified atom stereocenters. The number of hydrogen-bond acceptors (Lipinski definition) is 5. The van der Waals surface area contributed by atoms with Gasteiger partial charge in [-0.05, 0) is 38.1 Å². The van der Waals surface area contributed by atoms with Crippen molar-refractivity contribution in [1.82, 2.24) is 14.8 Å². The molecule has 110 valence electrons. The van der Waals surface area contributed by atoms with Crippen molar-refractivity contribution < 1.29 is 4.79 Å². The number of pyridine rings is 1. The minimum atomic E-state index is -0.179. The lowest BCUT2D eigenvalue weighted by Gasteiger charge is -2.21. The normalized spacial score (nSPS) is 19.1. The molecule has 0 radical (unpaired) electrons. The van der Waals surface area contributed by atoms with Gasteiger partial charge >= 0.3 is 0 Å². The van der Waals surface area contributed by atoms with Crippen molar-refractivity contribution in [2.24, 2.45) is 11.8 Å². The summed E-state index contributed by atoms with van der Waals surface area (Å²) in [5.74, 6) is 6.05. The van der Waals surface area contributed by atoms with Crippen molar-refractivity contribution in [2.45, 2.75) is 6.42 Å². The van der Waals surface area contributed by atoms with Crippen LogP contribution < -0.4 is 11.3 Å². The molecule has 0 aliphatic carbocycles. The Morgan fingerprint density at radius 1 is 1.65 bits per heavy atom. The number of anilines is 1. The first kappa shape index (κ1) is 15.0. The summed E-state index contributed by atoms with van der Waals surface area (Å²) >= 11 is 6.05. The average Bonchev–Trinajstić information content (AvgIpc) is 2.84. The van der Waals surface area contributed by atoms with Gasteiger partial charge in [0.05, 0.1) is 5.02 Å². The molecular weight excluding hydrogens is 278 g/mol. The number of nitrogens with one attached hydrogen (secondary N) is 1. The van der Waals surface area contributed by atoms with Crippen LogP contribution in [0.25, 0.3) is 0 Å². The van der Waals surface area contributed by atoms with Crippen LogP contribution in [0.15, 0.2) is 12.1 Å². The molecule has 1 fully saturated rings. The number of carbonyl (C=O) groups is 1. The Morgan fingerprint density at radius 2 is 2.40 bits per heavy atom. The molecule has 7 heteroatoms. The van der Waals surface area contributed by atoms with Gasteiger partial charge in [-0.3, -0.25) is 4.79 Å². The molecule has 0 bridgehead atoms. The lowest BCUT2D eigenvalue weighted by atomic mass is 10.1. The van der Waals surface area contributed by atoms with Crippen molar-refractivity contribution in [1.29, 1.82) is 0 Å². The van der Waals surface area contributed by atoms with Gasteiger partial charge in [0.1, 0.15) is 11.5 Å². The monoisotopic (exact) mass is 297 g/mol. The zero-order valence-electron chi connectivity index (χ0n) is 11.8. The predicted molar refractivity (Wildman–Crippen MR) is 79.6 cm³/mol. The second-order valence-corrected chi connectivity index (χ2v) is 5.68. The van der Waals surface area contributed by atoms with E-state index in [-0.39, 0.29) is 11.6 Å². The molecule has 3 N–H and O–H groups in total. The Balaban J connectivity index is 2.06. The molecule has 0 saturated carbocycles. The zero-order valence-corrected chi connectivity index (χ0v) is 12.5. The Hall–Kier alpha value is -1.37. The van der Waals surface area contributed by atoms with Gasteiger partial charge in [-0.25, -0.2) is 10.8 Å². The van der Waals surface area contributed by atoms with Gasteiger partial charge in [-0.2, -0.15) is 0 Å². The van der Waals surface area contributed by atoms with Gasteiger partial charge in [0.15, 0.2) is 0 Å². The molecule has 1 aromatic rings. The summed E-state index contributed by atoms with van der Waals surface area (Å²) in [7, 11) is 3.87. The van der Waals surface area contributed by atoms with Crippen LogP contribution in [-0.2, 0) is 0 Å². The Bertz CT molecular complexity index is 496. The minimum absolute atomic E-state index is 0.179. The number of amides is 1. The van der Waals surface area contributed by atoms with Crippen molar-refractivity contribution >= 4 is 23.3 Å². The van der Waals surface area contributed by atoms with Crippen LogP contribution in [0.4, 0.5) is 5.82 Å². The summed E-state index contributed by atoms with van der Waals surface area (Å²) in [4.78, 5) is 20.5. The maximum absolute atomic E-state index is 12.4. The third-order valence-electron chi connectivity index (χ3n) is 3.56. The van der Waals surface area contributed by atoms with Crippen LogP contribution in [0.1, 0.15) is 16.9 Å². The van der Waals surface area contributed by atoms with E-state index < -0.39 is 0 Å². The number of rotatable bonds is 4. The van der Waals surface area contributed by atoms with E-state index >= 15 is 0 Å². The molecule has 0 spiro atoms. The lowest BCUT2D eigenvalue weighted by molar-refractivity contribution is 0.0768. The van der Waals surface area contributed by atoms with E-state index in [4.69, 9.17) is 17.4 Å². The molecule has 1 aliphatic rings. The van der Waals surface area contributed by atoms with E-state index in [1.165, 1.54) is 0 Å². The van der Waals surface area contributed by atoms with E-state index in [2.05, 4.69) is 22.4 Å². The van der Waals surface area contributed by atoms with Crippen LogP contribution in [0, 0.1) is 5.92 Å². The second-order valence-electron chi connectivity index (χ2n) is 5.27. The maximum atomic E-state index is 12.4. The van der Waals surface area contributed by atoms with Crippen LogP contribution in [-0.4, -0.2) is 54.4 Å². The Labute approximate surface area is 123 Å². The number of likely N-dealkylation sites (tertiary alicyclic amines) is 1. The van der Waals surface area contributed by atoms with Crippen LogP contribution >= 0.6 is 11.6 Å². The number of nitrogens with zero attached hydrogens (tertiary/aromatic N) is 3. The van der Waals surface area contributed by atoms with Gasteiger partial charge in [0.2, 0.25) is 0 Å². The fraction of sp³-hybridized carbons (Fsp3) is 0.538. The van der Waals surface area contributed by atoms with Crippen molar-refractivity contribution in [3.63, 3.8) is 0 Å². The van der Waals surface area contributed by atoms with Crippen molar-refractivity contribution in [3.05, 3.63) is 22.8 Å². The highest BCUT2D eigenvalue weighted by Gasteiger charge is 2.24. The number of nitrogens with two attached hydrogens (primary N) is 1. The minimum Gasteiger partial charge on any atom is -0.340 e. The summed E-state index contributed by atoms with van der Waals surface area (Å²) in [5, 5.41) is 0.337. The van der Waals surface area contributed by atoms with Crippen LogP contribution in [0.2, 0.25) is 5.02 Å². The highest BCUT2D eigenvalue weighted by molar-refractivity contribution is 6.33. The fourth-order valence-corrected chi connectivity index (χ4v) is 2.68. The standard InChI is InChI=1S/C13H20ClN5O/c1-18-6-5-9(7-18)8-19(2)13(20)12-10(14)3-4-11(16-12)17-15/h3-4,9H,5-8,15H2,1-2H3,(H,16,17). The number of carbonyl (C=O) groups excluding carboxylic acids is 1. The molecule has 6 nitrogen and oxygen atoms in total. The van der Waals surface area contributed by atoms with Crippen molar-refractivity contribution in [3.8, 4) is 0 Å². The molecule has 1 aliphatic heterocycles. The highest BCUT2D eigenvalue weighted by Crippen LogP contribution is 2.20.